The molecule has 0 aromatic rings. The first-order valence-corrected chi connectivity index (χ1v) is 18.7. The number of urea groups is 1. The largest absolute Gasteiger partial charge is 0.450 e. The quantitative estimate of drug-likeness (QED) is 0.111. The van der Waals surface area contributed by atoms with Crippen molar-refractivity contribution in [3.63, 3.8) is 0 Å². The number of nitrogens with two attached hydrogens (primary N) is 1. The van der Waals surface area contributed by atoms with Gasteiger partial charge in [-0.1, -0.05) is 110 Å². The lowest BCUT2D eigenvalue weighted by molar-refractivity contribution is 0.0938. The van der Waals surface area contributed by atoms with Gasteiger partial charge in [-0.25, -0.2) is 9.59 Å². The molecule has 0 saturated carbocycles. The van der Waals surface area contributed by atoms with E-state index >= 15 is 0 Å². The van der Waals surface area contributed by atoms with E-state index in [0.717, 1.165) is 64.2 Å². The summed E-state index contributed by atoms with van der Waals surface area (Å²) >= 11 is 0. The van der Waals surface area contributed by atoms with Crippen LogP contribution in [0.4, 0.5) is 9.59 Å². The Morgan fingerprint density at radius 1 is 0.721 bits per heavy atom. The Balaban J connectivity index is 1.66. The van der Waals surface area contributed by atoms with Crippen LogP contribution in [0.25, 0.3) is 0 Å². The lowest BCUT2D eigenvalue weighted by Gasteiger charge is -2.39. The van der Waals surface area contributed by atoms with Gasteiger partial charge >= 0.3 is 12.1 Å². The fourth-order valence-corrected chi connectivity index (χ4v) is 6.95. The van der Waals surface area contributed by atoms with E-state index in [9.17, 15) is 9.59 Å². The summed E-state index contributed by atoms with van der Waals surface area (Å²) in [5.74, 6) is 0.846. The van der Waals surface area contributed by atoms with Gasteiger partial charge in [0.2, 0.25) is 0 Å². The molecule has 2 fully saturated rings. The molecule has 2 saturated heterocycles. The van der Waals surface area contributed by atoms with E-state index in [1.54, 1.807) is 0 Å². The maximum atomic E-state index is 13.8. The van der Waals surface area contributed by atoms with E-state index in [2.05, 4.69) is 28.5 Å². The van der Waals surface area contributed by atoms with Gasteiger partial charge in [0.05, 0.1) is 6.61 Å². The topological polar surface area (TPSA) is 79.1 Å². The van der Waals surface area contributed by atoms with Crippen molar-refractivity contribution in [2.24, 2.45) is 11.7 Å². The van der Waals surface area contributed by atoms with Crippen LogP contribution in [-0.4, -0.2) is 78.7 Å². The van der Waals surface area contributed by atoms with Crippen LogP contribution in [0, 0.1) is 5.92 Å². The summed E-state index contributed by atoms with van der Waals surface area (Å²) in [5.41, 5.74) is 5.17. The molecule has 0 aliphatic carbocycles. The van der Waals surface area contributed by atoms with Gasteiger partial charge in [-0.2, -0.15) is 0 Å². The summed E-state index contributed by atoms with van der Waals surface area (Å²) in [6, 6.07) is 0.328. The third kappa shape index (κ3) is 18.2. The van der Waals surface area contributed by atoms with Gasteiger partial charge in [-0.05, 0) is 70.5 Å². The van der Waals surface area contributed by atoms with E-state index in [4.69, 9.17) is 10.5 Å². The number of hydrogen-bond donors (Lipinski definition) is 1. The predicted octanol–water partition coefficient (Wildman–Crippen LogP) is 9.13. The van der Waals surface area contributed by atoms with Crippen molar-refractivity contribution in [2.45, 2.75) is 168 Å². The SMILES string of the molecule is CCCCCCCCCCCCCCCCCCN(CCCN1CCC(C)CC1)C(=O)N1CCCCC1CCOC(N)=O. The molecular formula is C36H70N4O3. The first kappa shape index (κ1) is 37.7. The number of likely N-dealkylation sites (tertiary alicyclic amines) is 2. The maximum absolute atomic E-state index is 13.8. The molecule has 0 bridgehead atoms. The highest BCUT2D eigenvalue weighted by molar-refractivity contribution is 5.75. The average Bonchev–Trinajstić information content (AvgIpc) is 3.00. The van der Waals surface area contributed by atoms with E-state index in [0.29, 0.717) is 6.42 Å². The third-order valence-corrected chi connectivity index (χ3v) is 9.90. The number of carbonyl (C=O) groups is 2. The molecule has 0 aromatic carbocycles. The smallest absolute Gasteiger partial charge is 0.404 e. The Labute approximate surface area is 266 Å². The third-order valence-electron chi connectivity index (χ3n) is 9.90. The lowest BCUT2D eigenvalue weighted by Crippen LogP contribution is -2.51. The molecule has 0 radical (unpaired) electrons. The van der Waals surface area contributed by atoms with Crippen molar-refractivity contribution >= 4 is 12.1 Å². The molecule has 7 nitrogen and oxygen atoms in total. The van der Waals surface area contributed by atoms with Gasteiger partial charge < -0.3 is 25.2 Å². The first-order chi connectivity index (χ1) is 21.0. The minimum absolute atomic E-state index is 0.137. The standard InChI is InChI=1S/C36H70N4O3/c1-3-4-5-6-7-8-9-10-11-12-13-14-15-16-17-19-27-39(28-21-26-38-30-23-33(2)24-31-38)36(42)40-29-20-18-22-34(40)25-32-43-35(37)41/h33-34H,3-32H2,1-2H3,(H2,37,41). The molecular weight excluding hydrogens is 536 g/mol. The fourth-order valence-electron chi connectivity index (χ4n) is 6.95. The number of ether oxygens (including phenoxy) is 1. The van der Waals surface area contributed by atoms with Gasteiger partial charge in [0.1, 0.15) is 0 Å². The summed E-state index contributed by atoms with van der Waals surface area (Å²) in [5, 5.41) is 0. The van der Waals surface area contributed by atoms with Crippen LogP contribution < -0.4 is 5.73 Å². The van der Waals surface area contributed by atoms with E-state index in [1.165, 1.54) is 122 Å². The van der Waals surface area contributed by atoms with Crippen LogP contribution in [0.1, 0.15) is 162 Å². The second kappa shape index (κ2) is 24.8. The Morgan fingerprint density at radius 2 is 1.26 bits per heavy atom. The molecule has 7 heteroatoms. The van der Waals surface area contributed by atoms with Crippen LogP contribution in [0.15, 0.2) is 0 Å². The molecule has 1 atom stereocenters. The zero-order chi connectivity index (χ0) is 31.0. The Bertz CT molecular complexity index is 698. The lowest BCUT2D eigenvalue weighted by atomic mass is 9.99. The Hall–Kier alpha value is -1.50. The number of carbonyl (C=O) groups excluding carboxylic acids is 2. The Kier molecular flexibility index (Phi) is 21.7. The van der Waals surface area contributed by atoms with Crippen molar-refractivity contribution in [3.05, 3.63) is 0 Å². The fraction of sp³-hybridized carbons (Fsp3) is 0.944. The predicted molar refractivity (Wildman–Crippen MR) is 180 cm³/mol. The number of hydrogen-bond acceptors (Lipinski definition) is 4. The van der Waals surface area contributed by atoms with Crippen molar-refractivity contribution < 1.29 is 14.3 Å². The number of piperidine rings is 2. The summed E-state index contributed by atoms with van der Waals surface area (Å²) in [7, 11) is 0. The highest BCUT2D eigenvalue weighted by atomic mass is 16.5. The van der Waals surface area contributed by atoms with Crippen LogP contribution >= 0.6 is 0 Å². The molecule has 1 unspecified atom stereocenters. The van der Waals surface area contributed by atoms with E-state index in [1.807, 2.05) is 0 Å². The van der Waals surface area contributed by atoms with Crippen molar-refractivity contribution in [1.29, 1.82) is 0 Å². The second-order valence-electron chi connectivity index (χ2n) is 13.7. The van der Waals surface area contributed by atoms with Gasteiger partial charge in [-0.3, -0.25) is 0 Å². The molecule has 2 N–H and O–H groups in total. The molecule has 2 rings (SSSR count). The molecule has 0 spiro atoms. The minimum atomic E-state index is -0.731. The molecule has 252 valence electrons. The van der Waals surface area contributed by atoms with Gasteiger partial charge in [0, 0.05) is 32.1 Å². The summed E-state index contributed by atoms with van der Waals surface area (Å²) in [6.45, 7) is 10.9. The molecule has 2 aliphatic heterocycles. The Morgan fingerprint density at radius 3 is 1.81 bits per heavy atom. The molecule has 2 aliphatic rings. The van der Waals surface area contributed by atoms with Gasteiger partial charge in [0.15, 0.2) is 0 Å². The first-order valence-electron chi connectivity index (χ1n) is 18.7. The monoisotopic (exact) mass is 607 g/mol. The number of rotatable bonds is 24. The van der Waals surface area contributed by atoms with E-state index < -0.39 is 6.09 Å². The zero-order valence-electron chi connectivity index (χ0n) is 28.5. The second-order valence-corrected chi connectivity index (χ2v) is 13.7. The van der Waals surface area contributed by atoms with Crippen LogP contribution in [0.3, 0.4) is 0 Å². The maximum Gasteiger partial charge on any atom is 0.404 e. The number of amides is 3. The summed E-state index contributed by atoms with van der Waals surface area (Å²) in [4.78, 5) is 31.7. The molecule has 43 heavy (non-hydrogen) atoms. The van der Waals surface area contributed by atoms with Crippen molar-refractivity contribution in [2.75, 3.05) is 45.9 Å². The molecule has 0 aromatic heterocycles. The van der Waals surface area contributed by atoms with Crippen LogP contribution in [-0.2, 0) is 4.74 Å². The summed E-state index contributed by atoms with van der Waals surface area (Å²) in [6.07, 6.45) is 28.5. The van der Waals surface area contributed by atoms with Gasteiger partial charge in [-0.15, -0.1) is 0 Å². The molecule has 2 heterocycles. The van der Waals surface area contributed by atoms with Crippen molar-refractivity contribution in [1.82, 2.24) is 14.7 Å². The van der Waals surface area contributed by atoms with Crippen molar-refractivity contribution in [3.8, 4) is 0 Å². The van der Waals surface area contributed by atoms with Crippen LogP contribution in [0.2, 0.25) is 0 Å². The number of nitrogens with zero attached hydrogens (tertiary/aromatic N) is 3. The zero-order valence-corrected chi connectivity index (χ0v) is 28.5. The molecule has 3 amide bonds. The highest BCUT2D eigenvalue weighted by Crippen LogP contribution is 2.23. The van der Waals surface area contributed by atoms with Crippen LogP contribution in [0.5, 0.6) is 0 Å². The number of primary amides is 1. The average molecular weight is 607 g/mol. The van der Waals surface area contributed by atoms with Gasteiger partial charge in [0.25, 0.3) is 0 Å². The van der Waals surface area contributed by atoms with E-state index in [-0.39, 0.29) is 18.7 Å². The highest BCUT2D eigenvalue weighted by Gasteiger charge is 2.30. The number of unbranched alkanes of at least 4 members (excludes halogenated alkanes) is 15. The summed E-state index contributed by atoms with van der Waals surface area (Å²) < 4.78 is 5.02. The minimum Gasteiger partial charge on any atom is -0.450 e. The normalized spacial score (nSPS) is 18.2.